The highest BCUT2D eigenvalue weighted by molar-refractivity contribution is 5.73. The van der Waals surface area contributed by atoms with Gasteiger partial charge in [0.1, 0.15) is 42.7 Å². The smallest absolute Gasteiger partial charge is 0.335 e. The maximum atomic E-state index is 11.0. The summed E-state index contributed by atoms with van der Waals surface area (Å²) in [5.41, 5.74) is 0. The molecule has 0 aliphatic carbocycles. The zero-order chi connectivity index (χ0) is 18.2. The third-order valence-electron chi connectivity index (χ3n) is 3.94. The molecule has 8 N–H and O–H groups in total. The molecular formula is C12H20O12. The molecular weight excluding hydrogens is 336 g/mol. The number of carbonyl (C=O) groups is 1. The normalized spacial score (nSPS) is 49.8. The third-order valence-corrected chi connectivity index (χ3v) is 3.94. The molecule has 12 nitrogen and oxygen atoms in total. The van der Waals surface area contributed by atoms with Gasteiger partial charge in [0.25, 0.3) is 0 Å². The van der Waals surface area contributed by atoms with Crippen LogP contribution in [0.2, 0.25) is 0 Å². The first-order chi connectivity index (χ1) is 11.2. The first-order valence-corrected chi connectivity index (χ1v) is 7.07. The monoisotopic (exact) mass is 356 g/mol. The van der Waals surface area contributed by atoms with Crippen molar-refractivity contribution in [3.63, 3.8) is 0 Å². The molecule has 0 aromatic heterocycles. The zero-order valence-corrected chi connectivity index (χ0v) is 12.2. The van der Waals surface area contributed by atoms with Crippen molar-refractivity contribution in [2.75, 3.05) is 6.61 Å². The van der Waals surface area contributed by atoms with E-state index in [0.29, 0.717) is 0 Å². The number of carboxylic acids is 1. The van der Waals surface area contributed by atoms with Crippen molar-refractivity contribution >= 4 is 5.97 Å². The molecule has 2 rings (SSSR count). The van der Waals surface area contributed by atoms with Crippen LogP contribution in [-0.2, 0) is 19.0 Å². The van der Waals surface area contributed by atoms with Gasteiger partial charge in [0, 0.05) is 0 Å². The molecule has 2 fully saturated rings. The van der Waals surface area contributed by atoms with Crippen molar-refractivity contribution in [1.82, 2.24) is 0 Å². The number of hydrogen-bond donors (Lipinski definition) is 8. The number of aliphatic hydroxyl groups is 7. The number of ether oxygens (including phenoxy) is 3. The quantitative estimate of drug-likeness (QED) is 0.238. The number of aliphatic carboxylic acids is 1. The van der Waals surface area contributed by atoms with E-state index in [4.69, 9.17) is 19.3 Å². The molecule has 24 heavy (non-hydrogen) atoms. The van der Waals surface area contributed by atoms with Crippen LogP contribution in [-0.4, -0.2) is 115 Å². The van der Waals surface area contributed by atoms with Gasteiger partial charge in [0.05, 0.1) is 6.61 Å². The summed E-state index contributed by atoms with van der Waals surface area (Å²) in [6, 6.07) is 0. The van der Waals surface area contributed by atoms with Gasteiger partial charge in [-0.3, -0.25) is 0 Å². The fourth-order valence-corrected chi connectivity index (χ4v) is 2.55. The van der Waals surface area contributed by atoms with Gasteiger partial charge in [-0.25, -0.2) is 4.79 Å². The molecule has 0 saturated carbocycles. The molecule has 10 atom stereocenters. The van der Waals surface area contributed by atoms with E-state index in [1.54, 1.807) is 0 Å². The van der Waals surface area contributed by atoms with Gasteiger partial charge in [-0.15, -0.1) is 0 Å². The maximum absolute atomic E-state index is 11.0. The number of aliphatic hydroxyl groups excluding tert-OH is 7. The van der Waals surface area contributed by atoms with Crippen LogP contribution in [0.5, 0.6) is 0 Å². The molecule has 2 aliphatic heterocycles. The van der Waals surface area contributed by atoms with Crippen LogP contribution in [0.3, 0.4) is 0 Å². The Labute approximate surface area is 135 Å². The van der Waals surface area contributed by atoms with E-state index >= 15 is 0 Å². The van der Waals surface area contributed by atoms with Gasteiger partial charge >= 0.3 is 5.97 Å². The van der Waals surface area contributed by atoms with Gasteiger partial charge in [0.2, 0.25) is 0 Å². The van der Waals surface area contributed by atoms with Crippen LogP contribution in [0.1, 0.15) is 0 Å². The standard InChI is InChI=1S/C12H20O12/c13-1-2-8(5(16)6(17)11(21)22-2)23-12-7(18)3(14)4(15)9(24-12)10(19)20/h2-9,11-18,21H,1H2,(H,19,20)/t2-,3+,4+,5-,6-,7-,8+,9+,11-,12-/m1/s1. The summed E-state index contributed by atoms with van der Waals surface area (Å²) in [7, 11) is 0. The molecule has 0 bridgehead atoms. The van der Waals surface area contributed by atoms with E-state index in [1.165, 1.54) is 0 Å². The van der Waals surface area contributed by atoms with Crippen molar-refractivity contribution in [1.29, 1.82) is 0 Å². The van der Waals surface area contributed by atoms with Crippen molar-refractivity contribution in [2.45, 2.75) is 61.4 Å². The second-order valence-corrected chi connectivity index (χ2v) is 5.56. The summed E-state index contributed by atoms with van der Waals surface area (Å²) in [6.45, 7) is -0.748. The minimum atomic E-state index is -1.93. The van der Waals surface area contributed by atoms with Crippen LogP contribution in [0.4, 0.5) is 0 Å². The molecule has 2 heterocycles. The van der Waals surface area contributed by atoms with Crippen LogP contribution in [0.15, 0.2) is 0 Å². The van der Waals surface area contributed by atoms with Gasteiger partial charge < -0.3 is 55.1 Å². The second-order valence-electron chi connectivity index (χ2n) is 5.56. The summed E-state index contributed by atoms with van der Waals surface area (Å²) in [5, 5.41) is 76.2. The minimum absolute atomic E-state index is 0.748. The fourth-order valence-electron chi connectivity index (χ4n) is 2.55. The predicted octanol–water partition coefficient (Wildman–Crippen LogP) is -5.30. The van der Waals surface area contributed by atoms with Crippen LogP contribution in [0.25, 0.3) is 0 Å². The summed E-state index contributed by atoms with van der Waals surface area (Å²) in [5.74, 6) is -1.63. The Balaban J connectivity index is 2.16. The number of rotatable bonds is 4. The van der Waals surface area contributed by atoms with E-state index in [0.717, 1.165) is 0 Å². The summed E-state index contributed by atoms with van der Waals surface area (Å²) in [6.07, 6.45) is -17.7. The molecule has 12 heteroatoms. The Morgan fingerprint density at radius 3 is 2.04 bits per heavy atom. The van der Waals surface area contributed by atoms with Crippen molar-refractivity contribution < 1.29 is 59.9 Å². The molecule has 0 spiro atoms. The first kappa shape index (κ1) is 19.4. The molecule has 2 saturated heterocycles. The van der Waals surface area contributed by atoms with Crippen molar-refractivity contribution in [2.24, 2.45) is 0 Å². The molecule has 140 valence electrons. The van der Waals surface area contributed by atoms with Crippen LogP contribution < -0.4 is 0 Å². The molecule has 0 unspecified atom stereocenters. The summed E-state index contributed by atoms with van der Waals surface area (Å²) < 4.78 is 14.9. The highest BCUT2D eigenvalue weighted by atomic mass is 16.7. The zero-order valence-electron chi connectivity index (χ0n) is 12.2. The molecule has 0 amide bonds. The Morgan fingerprint density at radius 1 is 0.875 bits per heavy atom. The lowest BCUT2D eigenvalue weighted by Gasteiger charge is -2.44. The average Bonchev–Trinajstić information content (AvgIpc) is 2.54. The summed E-state index contributed by atoms with van der Waals surface area (Å²) in [4.78, 5) is 11.0. The lowest BCUT2D eigenvalue weighted by molar-refractivity contribution is -0.351. The maximum Gasteiger partial charge on any atom is 0.335 e. The molecule has 2 aliphatic rings. The Bertz CT molecular complexity index is 444. The Hall–Kier alpha value is -0.930. The Morgan fingerprint density at radius 2 is 1.50 bits per heavy atom. The van der Waals surface area contributed by atoms with E-state index in [-0.39, 0.29) is 0 Å². The highest BCUT2D eigenvalue weighted by Gasteiger charge is 2.51. The first-order valence-electron chi connectivity index (χ1n) is 7.07. The summed E-state index contributed by atoms with van der Waals surface area (Å²) >= 11 is 0. The SMILES string of the molecule is O=C(O)[C@H]1O[C@@H](O[C@@H]2[C@H](O)[C@@H](O)[C@H](O)O[C@@H]2CO)[C@H](O)[C@@H](O)[C@@H]1O. The van der Waals surface area contributed by atoms with Crippen LogP contribution in [0, 0.1) is 0 Å². The van der Waals surface area contributed by atoms with Crippen molar-refractivity contribution in [3.8, 4) is 0 Å². The molecule has 0 aromatic rings. The Kier molecular flexibility index (Phi) is 6.09. The lowest BCUT2D eigenvalue weighted by atomic mass is 9.97. The third kappa shape index (κ3) is 3.52. The minimum Gasteiger partial charge on any atom is -0.479 e. The van der Waals surface area contributed by atoms with E-state index in [9.17, 15) is 40.5 Å². The van der Waals surface area contributed by atoms with Gasteiger partial charge in [-0.05, 0) is 0 Å². The van der Waals surface area contributed by atoms with E-state index in [2.05, 4.69) is 0 Å². The van der Waals surface area contributed by atoms with E-state index < -0.39 is 74.0 Å². The fraction of sp³-hybridized carbons (Fsp3) is 0.917. The number of carboxylic acid groups (broad SMARTS) is 1. The van der Waals surface area contributed by atoms with Gasteiger partial charge in [-0.1, -0.05) is 0 Å². The predicted molar refractivity (Wildman–Crippen MR) is 69.2 cm³/mol. The molecule has 0 aromatic carbocycles. The topological polar surface area (TPSA) is 207 Å². The van der Waals surface area contributed by atoms with Gasteiger partial charge in [0.15, 0.2) is 18.7 Å². The van der Waals surface area contributed by atoms with Crippen LogP contribution >= 0.6 is 0 Å². The highest BCUT2D eigenvalue weighted by Crippen LogP contribution is 2.28. The van der Waals surface area contributed by atoms with E-state index in [1.807, 2.05) is 0 Å². The lowest BCUT2D eigenvalue weighted by Crippen LogP contribution is -2.64. The largest absolute Gasteiger partial charge is 0.479 e. The number of hydrogen-bond acceptors (Lipinski definition) is 11. The second kappa shape index (κ2) is 7.53. The average molecular weight is 356 g/mol. The molecule has 0 radical (unpaired) electrons. The van der Waals surface area contributed by atoms with Crippen molar-refractivity contribution in [3.05, 3.63) is 0 Å². The van der Waals surface area contributed by atoms with Gasteiger partial charge in [-0.2, -0.15) is 0 Å².